The molecule has 1 aliphatic rings. The minimum atomic E-state index is -0.453. The molecular weight excluding hydrogens is 202 g/mol. The molecule has 2 rings (SSSR count). The molecule has 1 heterocycles. The van der Waals surface area contributed by atoms with E-state index in [0.717, 1.165) is 11.3 Å². The first-order valence-electron chi connectivity index (χ1n) is 5.42. The van der Waals surface area contributed by atoms with Crippen molar-refractivity contribution < 1.29 is 9.90 Å². The molecule has 0 bridgehead atoms. The van der Waals surface area contributed by atoms with Crippen LogP contribution in [0.2, 0.25) is 0 Å². The van der Waals surface area contributed by atoms with Crippen molar-refractivity contribution >= 4 is 11.6 Å². The quantitative estimate of drug-likeness (QED) is 0.777. The average molecular weight is 217 g/mol. The summed E-state index contributed by atoms with van der Waals surface area (Å²) in [5, 5.41) is 9.63. The maximum Gasteiger partial charge on any atom is 0.223 e. The van der Waals surface area contributed by atoms with Gasteiger partial charge in [0.15, 0.2) is 0 Å². The fourth-order valence-corrected chi connectivity index (χ4v) is 1.93. The van der Waals surface area contributed by atoms with Gasteiger partial charge >= 0.3 is 0 Å². The molecule has 0 saturated carbocycles. The zero-order valence-corrected chi connectivity index (χ0v) is 9.26. The number of aliphatic hydroxyl groups is 1. The Morgan fingerprint density at radius 2 is 2.06 bits per heavy atom. The second-order valence-corrected chi connectivity index (χ2v) is 3.94. The Morgan fingerprint density at radius 1 is 1.38 bits per heavy atom. The molecule has 1 N–H and O–H groups in total. The van der Waals surface area contributed by atoms with E-state index in [-0.39, 0.29) is 5.91 Å². The van der Waals surface area contributed by atoms with Crippen LogP contribution in [0.4, 0.5) is 0 Å². The van der Waals surface area contributed by atoms with Crippen molar-refractivity contribution in [3.8, 4) is 0 Å². The third-order valence-corrected chi connectivity index (χ3v) is 2.74. The van der Waals surface area contributed by atoms with Crippen LogP contribution in [0.1, 0.15) is 18.9 Å². The van der Waals surface area contributed by atoms with Gasteiger partial charge < -0.3 is 10.0 Å². The van der Waals surface area contributed by atoms with Gasteiger partial charge in [-0.15, -0.1) is 0 Å². The Balaban J connectivity index is 2.38. The van der Waals surface area contributed by atoms with Gasteiger partial charge in [0.25, 0.3) is 0 Å². The Kier molecular flexibility index (Phi) is 3.06. The van der Waals surface area contributed by atoms with E-state index in [0.29, 0.717) is 13.0 Å². The van der Waals surface area contributed by atoms with Gasteiger partial charge in [0.1, 0.15) is 0 Å². The van der Waals surface area contributed by atoms with Crippen molar-refractivity contribution in [1.29, 1.82) is 0 Å². The minimum Gasteiger partial charge on any atom is -0.389 e. The minimum absolute atomic E-state index is 0.0157. The lowest BCUT2D eigenvalue weighted by molar-refractivity contribution is -0.126. The second-order valence-electron chi connectivity index (χ2n) is 3.94. The summed E-state index contributed by atoms with van der Waals surface area (Å²) in [6, 6.07) is 9.67. The number of hydrogen-bond acceptors (Lipinski definition) is 2. The van der Waals surface area contributed by atoms with Crippen LogP contribution in [-0.4, -0.2) is 28.6 Å². The van der Waals surface area contributed by atoms with Crippen molar-refractivity contribution in [2.24, 2.45) is 0 Å². The standard InChI is InChI=1S/C13H15NO2/c1-10(15)14-8-7-12(16)9-13(14)11-5-3-2-4-6-11/h2-6,9,12,16H,7-8H2,1H3/t12-/m0/s1. The fourth-order valence-electron chi connectivity index (χ4n) is 1.93. The molecule has 1 aromatic carbocycles. The summed E-state index contributed by atoms with van der Waals surface area (Å²) in [6.45, 7) is 2.13. The topological polar surface area (TPSA) is 40.5 Å². The van der Waals surface area contributed by atoms with E-state index in [1.807, 2.05) is 30.3 Å². The molecule has 84 valence electrons. The van der Waals surface area contributed by atoms with Crippen LogP contribution in [0.25, 0.3) is 5.70 Å². The number of amides is 1. The van der Waals surface area contributed by atoms with E-state index < -0.39 is 6.10 Å². The summed E-state index contributed by atoms with van der Waals surface area (Å²) in [5.74, 6) is 0.0157. The Bertz CT molecular complexity index is 411. The Morgan fingerprint density at radius 3 is 2.69 bits per heavy atom. The maximum absolute atomic E-state index is 11.5. The van der Waals surface area contributed by atoms with Crippen molar-refractivity contribution in [2.45, 2.75) is 19.4 Å². The van der Waals surface area contributed by atoms with Crippen molar-refractivity contribution in [1.82, 2.24) is 4.90 Å². The molecule has 1 aliphatic heterocycles. The molecule has 0 spiro atoms. The summed E-state index contributed by atoms with van der Waals surface area (Å²) < 4.78 is 0. The molecule has 0 aliphatic carbocycles. The molecule has 0 radical (unpaired) electrons. The van der Waals surface area contributed by atoms with Crippen LogP contribution < -0.4 is 0 Å². The van der Waals surface area contributed by atoms with Crippen LogP contribution in [0.5, 0.6) is 0 Å². The molecule has 1 aromatic rings. The highest BCUT2D eigenvalue weighted by Crippen LogP contribution is 2.24. The first kappa shape index (κ1) is 10.9. The first-order chi connectivity index (χ1) is 7.68. The van der Waals surface area contributed by atoms with Gasteiger partial charge in [0.05, 0.1) is 6.10 Å². The Labute approximate surface area is 95.0 Å². The van der Waals surface area contributed by atoms with Gasteiger partial charge in [0.2, 0.25) is 5.91 Å². The van der Waals surface area contributed by atoms with Gasteiger partial charge in [-0.3, -0.25) is 4.79 Å². The number of benzene rings is 1. The third kappa shape index (κ3) is 2.14. The zero-order chi connectivity index (χ0) is 11.5. The van der Waals surface area contributed by atoms with E-state index >= 15 is 0 Å². The lowest BCUT2D eigenvalue weighted by Gasteiger charge is -2.30. The van der Waals surface area contributed by atoms with E-state index in [2.05, 4.69) is 0 Å². The lowest BCUT2D eigenvalue weighted by atomic mass is 10.0. The maximum atomic E-state index is 11.5. The van der Waals surface area contributed by atoms with Crippen LogP contribution in [0, 0.1) is 0 Å². The number of carbonyl (C=O) groups excluding carboxylic acids is 1. The summed E-state index contributed by atoms with van der Waals surface area (Å²) in [6.07, 6.45) is 1.90. The number of nitrogens with zero attached hydrogens (tertiary/aromatic N) is 1. The summed E-state index contributed by atoms with van der Waals surface area (Å²) in [7, 11) is 0. The largest absolute Gasteiger partial charge is 0.389 e. The van der Waals surface area contributed by atoms with Gasteiger partial charge in [-0.25, -0.2) is 0 Å². The average Bonchev–Trinajstić information content (AvgIpc) is 2.29. The molecule has 16 heavy (non-hydrogen) atoms. The van der Waals surface area contributed by atoms with E-state index in [1.165, 1.54) is 0 Å². The third-order valence-electron chi connectivity index (χ3n) is 2.74. The number of carbonyl (C=O) groups is 1. The molecule has 0 saturated heterocycles. The summed E-state index contributed by atoms with van der Waals surface area (Å²) >= 11 is 0. The normalized spacial score (nSPS) is 20.5. The van der Waals surface area contributed by atoms with E-state index in [9.17, 15) is 9.90 Å². The fraction of sp³-hybridized carbons (Fsp3) is 0.308. The predicted molar refractivity (Wildman–Crippen MR) is 62.4 cm³/mol. The molecule has 0 fully saturated rings. The van der Waals surface area contributed by atoms with Crippen molar-refractivity contribution in [2.75, 3.05) is 6.54 Å². The van der Waals surface area contributed by atoms with Crippen molar-refractivity contribution in [3.63, 3.8) is 0 Å². The molecule has 1 amide bonds. The molecule has 1 atom stereocenters. The second kappa shape index (κ2) is 4.49. The highest BCUT2D eigenvalue weighted by molar-refractivity contribution is 5.85. The van der Waals surface area contributed by atoms with E-state index in [4.69, 9.17) is 0 Å². The van der Waals surface area contributed by atoms with Gasteiger partial charge in [-0.05, 0) is 18.1 Å². The van der Waals surface area contributed by atoms with Crippen LogP contribution in [0.3, 0.4) is 0 Å². The predicted octanol–water partition coefficient (Wildman–Crippen LogP) is 1.64. The van der Waals surface area contributed by atoms with Crippen LogP contribution in [-0.2, 0) is 4.79 Å². The van der Waals surface area contributed by atoms with Crippen LogP contribution >= 0.6 is 0 Å². The molecule has 0 unspecified atom stereocenters. The molecule has 3 nitrogen and oxygen atoms in total. The molecular formula is C13H15NO2. The van der Waals surface area contributed by atoms with Gasteiger partial charge in [-0.1, -0.05) is 30.3 Å². The first-order valence-corrected chi connectivity index (χ1v) is 5.42. The van der Waals surface area contributed by atoms with Crippen LogP contribution in [0.15, 0.2) is 36.4 Å². The summed E-state index contributed by atoms with van der Waals surface area (Å²) in [5.41, 5.74) is 1.78. The SMILES string of the molecule is CC(=O)N1CC[C@H](O)C=C1c1ccccc1. The number of rotatable bonds is 1. The lowest BCUT2D eigenvalue weighted by Crippen LogP contribution is -2.34. The molecule has 0 aromatic heterocycles. The van der Waals surface area contributed by atoms with E-state index in [1.54, 1.807) is 17.9 Å². The van der Waals surface area contributed by atoms with Gasteiger partial charge in [0, 0.05) is 19.2 Å². The highest BCUT2D eigenvalue weighted by atomic mass is 16.3. The zero-order valence-electron chi connectivity index (χ0n) is 9.26. The van der Waals surface area contributed by atoms with Crippen molar-refractivity contribution in [3.05, 3.63) is 42.0 Å². The Hall–Kier alpha value is -1.61. The smallest absolute Gasteiger partial charge is 0.223 e. The monoisotopic (exact) mass is 217 g/mol. The van der Waals surface area contributed by atoms with Gasteiger partial charge in [-0.2, -0.15) is 0 Å². The number of aliphatic hydroxyl groups excluding tert-OH is 1. The number of hydrogen-bond donors (Lipinski definition) is 1. The molecule has 3 heteroatoms. The highest BCUT2D eigenvalue weighted by Gasteiger charge is 2.22. The summed E-state index contributed by atoms with van der Waals surface area (Å²) in [4.78, 5) is 13.2.